The van der Waals surface area contributed by atoms with E-state index in [1.54, 1.807) is 0 Å². The summed E-state index contributed by atoms with van der Waals surface area (Å²) in [6.07, 6.45) is 1.79. The number of alkyl carbamates (subject to hydrolysis) is 1. The number of carbonyl (C=O) groups excluding carboxylic acids is 2. The first-order valence-electron chi connectivity index (χ1n) is 11.7. The van der Waals surface area contributed by atoms with Crippen LogP contribution in [0.5, 0.6) is 5.75 Å². The highest BCUT2D eigenvalue weighted by Crippen LogP contribution is 2.19. The minimum absolute atomic E-state index is 0.0582. The zero-order valence-corrected chi connectivity index (χ0v) is 20.2. The lowest BCUT2D eigenvalue weighted by Crippen LogP contribution is -2.52. The lowest BCUT2D eigenvalue weighted by atomic mass is 9.97. The van der Waals surface area contributed by atoms with Gasteiger partial charge in [-0.3, -0.25) is 4.79 Å². The first-order chi connectivity index (χ1) is 15.7. The van der Waals surface area contributed by atoms with Crippen molar-refractivity contribution in [3.63, 3.8) is 0 Å². The summed E-state index contributed by atoms with van der Waals surface area (Å²) in [5.41, 5.74) is 1.42. The fraction of sp³-hybridized carbons (Fsp3) is 0.481. The number of ether oxygens (including phenoxy) is 2. The van der Waals surface area contributed by atoms with Gasteiger partial charge >= 0.3 is 6.09 Å². The van der Waals surface area contributed by atoms with Gasteiger partial charge in [0.2, 0.25) is 5.91 Å². The van der Waals surface area contributed by atoms with Gasteiger partial charge in [-0.2, -0.15) is 0 Å². The summed E-state index contributed by atoms with van der Waals surface area (Å²) in [6, 6.07) is 17.0. The molecule has 1 saturated heterocycles. The number of hydrogen-bond acceptors (Lipinski definition) is 4. The van der Waals surface area contributed by atoms with Crippen LogP contribution >= 0.6 is 0 Å². The molecule has 2 aromatic carbocycles. The molecule has 6 heteroatoms. The van der Waals surface area contributed by atoms with Crippen LogP contribution in [-0.2, 0) is 22.6 Å². The van der Waals surface area contributed by atoms with Crippen molar-refractivity contribution in [2.75, 3.05) is 13.1 Å². The summed E-state index contributed by atoms with van der Waals surface area (Å²) >= 11 is 0. The summed E-state index contributed by atoms with van der Waals surface area (Å²) in [5.74, 6) is 1.32. The zero-order chi connectivity index (χ0) is 23.8. The van der Waals surface area contributed by atoms with Crippen molar-refractivity contribution in [1.82, 2.24) is 10.2 Å². The van der Waals surface area contributed by atoms with Crippen LogP contribution < -0.4 is 10.1 Å². The number of nitrogens with zero attached hydrogens (tertiary/aromatic N) is 1. The van der Waals surface area contributed by atoms with Crippen LogP contribution in [0.1, 0.15) is 51.7 Å². The average molecular weight is 453 g/mol. The van der Waals surface area contributed by atoms with Crippen molar-refractivity contribution in [2.45, 2.75) is 65.2 Å². The van der Waals surface area contributed by atoms with Gasteiger partial charge in [-0.25, -0.2) is 4.79 Å². The van der Waals surface area contributed by atoms with Crippen molar-refractivity contribution in [1.29, 1.82) is 0 Å². The predicted octanol–water partition coefficient (Wildman–Crippen LogP) is 4.96. The number of nitrogens with one attached hydrogen (secondary N) is 1. The number of carbonyl (C=O) groups is 2. The van der Waals surface area contributed by atoms with Crippen molar-refractivity contribution in [3.8, 4) is 5.75 Å². The van der Waals surface area contributed by atoms with E-state index in [1.807, 2.05) is 80.3 Å². The number of amides is 2. The molecule has 0 unspecified atom stereocenters. The van der Waals surface area contributed by atoms with E-state index in [-0.39, 0.29) is 5.91 Å². The van der Waals surface area contributed by atoms with Crippen LogP contribution in [0, 0.1) is 5.92 Å². The second-order valence-electron chi connectivity index (χ2n) is 9.83. The van der Waals surface area contributed by atoms with Gasteiger partial charge in [-0.1, -0.05) is 49.4 Å². The third-order valence-electron chi connectivity index (χ3n) is 5.70. The molecular formula is C27H36N2O4. The van der Waals surface area contributed by atoms with Crippen molar-refractivity contribution >= 4 is 12.0 Å². The molecule has 2 amide bonds. The van der Waals surface area contributed by atoms with Gasteiger partial charge < -0.3 is 19.7 Å². The normalized spacial score (nSPS) is 15.6. The molecule has 6 nitrogen and oxygen atoms in total. The molecule has 1 N–H and O–H groups in total. The molecule has 0 radical (unpaired) electrons. The molecule has 0 bridgehead atoms. The first-order valence-corrected chi connectivity index (χ1v) is 11.7. The van der Waals surface area contributed by atoms with Crippen LogP contribution in [0.25, 0.3) is 0 Å². The Morgan fingerprint density at radius 2 is 1.64 bits per heavy atom. The Bertz CT molecular complexity index is 898. The highest BCUT2D eigenvalue weighted by molar-refractivity contribution is 5.86. The molecule has 1 heterocycles. The molecular weight excluding hydrogens is 416 g/mol. The zero-order valence-electron chi connectivity index (χ0n) is 20.2. The molecule has 1 aliphatic heterocycles. The summed E-state index contributed by atoms with van der Waals surface area (Å²) in [6.45, 7) is 9.57. The van der Waals surface area contributed by atoms with Gasteiger partial charge in [0.25, 0.3) is 0 Å². The van der Waals surface area contributed by atoms with E-state index in [9.17, 15) is 9.59 Å². The minimum atomic E-state index is -0.677. The Morgan fingerprint density at radius 3 is 2.24 bits per heavy atom. The predicted molar refractivity (Wildman–Crippen MR) is 129 cm³/mol. The molecule has 1 fully saturated rings. The van der Waals surface area contributed by atoms with Crippen LogP contribution in [0.3, 0.4) is 0 Å². The monoisotopic (exact) mass is 452 g/mol. The number of piperidine rings is 1. The van der Waals surface area contributed by atoms with Crippen LogP contribution in [0.15, 0.2) is 54.6 Å². The molecule has 1 aliphatic rings. The SMILES string of the molecule is CC1CCN(C(=O)[C@@H](Cc2ccc(OCc3ccccc3)cc2)NC(=O)OC(C)(C)C)CC1. The molecule has 33 heavy (non-hydrogen) atoms. The number of hydrogen-bond donors (Lipinski definition) is 1. The average Bonchev–Trinajstić information content (AvgIpc) is 2.77. The highest BCUT2D eigenvalue weighted by Gasteiger charge is 2.30. The van der Waals surface area contributed by atoms with Gasteiger partial charge in [0.15, 0.2) is 0 Å². The maximum Gasteiger partial charge on any atom is 0.408 e. The molecule has 2 aromatic rings. The maximum atomic E-state index is 13.3. The minimum Gasteiger partial charge on any atom is -0.489 e. The van der Waals surface area contributed by atoms with Crippen LogP contribution in [0.4, 0.5) is 4.79 Å². The number of rotatable bonds is 7. The first kappa shape index (κ1) is 24.6. The molecule has 0 aliphatic carbocycles. The Kier molecular flexibility index (Phi) is 8.37. The van der Waals surface area contributed by atoms with Crippen molar-refractivity contribution in [3.05, 3.63) is 65.7 Å². The van der Waals surface area contributed by atoms with E-state index in [2.05, 4.69) is 12.2 Å². The highest BCUT2D eigenvalue weighted by atomic mass is 16.6. The molecule has 1 atom stereocenters. The molecule has 0 aromatic heterocycles. The third-order valence-corrected chi connectivity index (χ3v) is 5.70. The fourth-order valence-electron chi connectivity index (χ4n) is 3.80. The van der Waals surface area contributed by atoms with Gasteiger partial charge in [-0.05, 0) is 62.8 Å². The second-order valence-corrected chi connectivity index (χ2v) is 9.83. The maximum absolute atomic E-state index is 13.3. The molecule has 0 spiro atoms. The number of benzene rings is 2. The van der Waals surface area contributed by atoms with Crippen molar-refractivity contribution < 1.29 is 19.1 Å². The van der Waals surface area contributed by atoms with E-state index in [0.29, 0.717) is 18.9 Å². The van der Waals surface area contributed by atoms with Crippen LogP contribution in [0.2, 0.25) is 0 Å². The molecule has 0 saturated carbocycles. The summed E-state index contributed by atoms with van der Waals surface area (Å²) < 4.78 is 11.3. The molecule has 178 valence electrons. The Balaban J connectivity index is 1.65. The van der Waals surface area contributed by atoms with Gasteiger partial charge in [0, 0.05) is 19.5 Å². The summed E-state index contributed by atoms with van der Waals surface area (Å²) in [7, 11) is 0. The van der Waals surface area contributed by atoms with E-state index < -0.39 is 17.7 Å². The third kappa shape index (κ3) is 8.12. The lowest BCUT2D eigenvalue weighted by molar-refractivity contribution is -0.134. The Labute approximate surface area is 197 Å². The molecule has 3 rings (SSSR count). The smallest absolute Gasteiger partial charge is 0.408 e. The van der Waals surface area contributed by atoms with Crippen LogP contribution in [-0.4, -0.2) is 41.6 Å². The largest absolute Gasteiger partial charge is 0.489 e. The Morgan fingerprint density at radius 1 is 1.00 bits per heavy atom. The fourth-order valence-corrected chi connectivity index (χ4v) is 3.80. The van der Waals surface area contributed by atoms with E-state index in [4.69, 9.17) is 9.47 Å². The van der Waals surface area contributed by atoms with Gasteiger partial charge in [0.05, 0.1) is 0 Å². The van der Waals surface area contributed by atoms with E-state index in [0.717, 1.165) is 42.8 Å². The topological polar surface area (TPSA) is 67.9 Å². The summed E-state index contributed by atoms with van der Waals surface area (Å²) in [5, 5.41) is 2.81. The van der Waals surface area contributed by atoms with E-state index in [1.165, 1.54) is 0 Å². The quantitative estimate of drug-likeness (QED) is 0.645. The Hall–Kier alpha value is -3.02. The van der Waals surface area contributed by atoms with Crippen molar-refractivity contribution in [2.24, 2.45) is 5.92 Å². The van der Waals surface area contributed by atoms with Gasteiger partial charge in [0.1, 0.15) is 24.0 Å². The summed E-state index contributed by atoms with van der Waals surface area (Å²) in [4.78, 5) is 27.6. The second kappa shape index (κ2) is 11.2. The number of likely N-dealkylation sites (tertiary alicyclic amines) is 1. The van der Waals surface area contributed by atoms with Gasteiger partial charge in [-0.15, -0.1) is 0 Å². The standard InChI is InChI=1S/C27H36N2O4/c1-20-14-16-29(17-15-20)25(30)24(28-26(31)33-27(2,3)4)18-21-10-12-23(13-11-21)32-19-22-8-6-5-7-9-22/h5-13,20,24H,14-19H2,1-4H3,(H,28,31)/t24-/m1/s1. The van der Waals surface area contributed by atoms with E-state index >= 15 is 0 Å². The lowest BCUT2D eigenvalue weighted by Gasteiger charge is -2.33.